The molecule has 0 aliphatic rings. The lowest BCUT2D eigenvalue weighted by atomic mass is 10.0. The highest BCUT2D eigenvalue weighted by atomic mass is 16.7. The van der Waals surface area contributed by atoms with E-state index in [1.807, 2.05) is 0 Å². The fraction of sp³-hybridized carbons (Fsp3) is 0.756. The Hall–Kier alpha value is -4.46. The first-order chi connectivity index (χ1) is 29.0. The molecule has 1 rings (SSSR count). The largest absolute Gasteiger partial charge is 0.492 e. The molecule has 0 saturated carbocycles. The molecule has 0 aliphatic carbocycles. The van der Waals surface area contributed by atoms with Crippen LogP contribution in [0.2, 0.25) is 0 Å². The average Bonchev–Trinajstić information content (AvgIpc) is 3.52. The number of unbranched alkanes of at least 4 members (excludes halogenated alkanes) is 15. The van der Waals surface area contributed by atoms with Gasteiger partial charge in [0.2, 0.25) is 29.5 Å². The number of hydrogen-bond donors (Lipinski definition) is 7. The Morgan fingerprint density at radius 3 is 1.43 bits per heavy atom. The second-order valence-electron chi connectivity index (χ2n) is 14.4. The minimum atomic E-state index is -1.19. The van der Waals surface area contributed by atoms with Gasteiger partial charge >= 0.3 is 17.9 Å². The molecule has 19 nitrogen and oxygen atoms in total. The summed E-state index contributed by atoms with van der Waals surface area (Å²) in [5.74, 6) is -4.67. The molecule has 0 fully saturated rings. The highest BCUT2D eigenvalue weighted by molar-refractivity contribution is 5.84. The fourth-order valence-electron chi connectivity index (χ4n) is 5.88. The molecule has 1 aromatic rings. The van der Waals surface area contributed by atoms with Crippen LogP contribution in [0.1, 0.15) is 128 Å². The fourth-order valence-corrected chi connectivity index (χ4v) is 5.88. The van der Waals surface area contributed by atoms with Gasteiger partial charge in [-0.2, -0.15) is 0 Å². The summed E-state index contributed by atoms with van der Waals surface area (Å²) in [7, 11) is 0. The molecular formula is C41H70N4O15. The van der Waals surface area contributed by atoms with Crippen LogP contribution in [0.4, 0.5) is 0 Å². The molecule has 0 spiro atoms. The maximum atomic E-state index is 12.3. The lowest BCUT2D eigenvalue weighted by Gasteiger charge is -2.14. The summed E-state index contributed by atoms with van der Waals surface area (Å²) in [5, 5.41) is 44.8. The predicted octanol–water partition coefficient (Wildman–Crippen LogP) is 3.61. The Balaban J connectivity index is 1.90. The van der Waals surface area contributed by atoms with Crippen LogP contribution in [0.3, 0.4) is 0 Å². The van der Waals surface area contributed by atoms with Crippen molar-refractivity contribution < 1.29 is 73.0 Å². The Bertz CT molecular complexity index is 1320. The van der Waals surface area contributed by atoms with Crippen LogP contribution in [0.5, 0.6) is 11.8 Å². The van der Waals surface area contributed by atoms with Crippen molar-refractivity contribution in [2.45, 2.75) is 134 Å². The van der Waals surface area contributed by atoms with E-state index >= 15 is 0 Å². The van der Waals surface area contributed by atoms with E-state index in [1.165, 1.54) is 57.8 Å². The van der Waals surface area contributed by atoms with Crippen molar-refractivity contribution in [2.24, 2.45) is 0 Å². The van der Waals surface area contributed by atoms with Crippen LogP contribution in [0, 0.1) is 0 Å². The number of carboxylic acid groups (broad SMARTS) is 2. The zero-order valence-corrected chi connectivity index (χ0v) is 35.2. The maximum absolute atomic E-state index is 12.3. The van der Waals surface area contributed by atoms with E-state index in [-0.39, 0.29) is 103 Å². The molecule has 1 aromatic heterocycles. The van der Waals surface area contributed by atoms with E-state index < -0.39 is 42.3 Å². The molecule has 19 heteroatoms. The van der Waals surface area contributed by atoms with Gasteiger partial charge in [-0.3, -0.25) is 19.2 Å². The van der Waals surface area contributed by atoms with Crippen molar-refractivity contribution in [3.8, 4) is 11.8 Å². The minimum Gasteiger partial charge on any atom is -0.492 e. The van der Waals surface area contributed by atoms with Crippen LogP contribution in [-0.4, -0.2) is 133 Å². The topological polar surface area (TPSA) is 271 Å². The molecule has 0 bridgehead atoms. The zero-order valence-electron chi connectivity index (χ0n) is 35.2. The summed E-state index contributed by atoms with van der Waals surface area (Å²) in [6, 6.07) is 1.15. The van der Waals surface area contributed by atoms with Gasteiger partial charge in [0.15, 0.2) is 0 Å². The number of carbonyl (C=O) groups is 6. The van der Waals surface area contributed by atoms with E-state index in [0.717, 1.165) is 50.7 Å². The first kappa shape index (κ1) is 53.6. The van der Waals surface area contributed by atoms with Crippen molar-refractivity contribution in [3.05, 3.63) is 12.1 Å². The molecular weight excluding hydrogens is 788 g/mol. The SMILES string of the molecule is O=C(O)CCCCCCCCCCCCCCCCCCC(=O)N[C@@H](CCC(=O)NCCOCCOCC(=O)NCCOCCOCC(=O)On1c(O)ccc1O)C(=O)O. The summed E-state index contributed by atoms with van der Waals surface area (Å²) in [6.07, 6.45) is 18.2. The lowest BCUT2D eigenvalue weighted by Crippen LogP contribution is -2.41. The second-order valence-corrected chi connectivity index (χ2v) is 14.4. The minimum absolute atomic E-state index is 0.0330. The van der Waals surface area contributed by atoms with Crippen molar-refractivity contribution in [2.75, 3.05) is 65.9 Å². The van der Waals surface area contributed by atoms with Gasteiger partial charge < -0.3 is 60.2 Å². The number of nitrogens with one attached hydrogen (secondary N) is 3. The van der Waals surface area contributed by atoms with Gasteiger partial charge in [-0.1, -0.05) is 89.9 Å². The quantitative estimate of drug-likeness (QED) is 0.0464. The number of aromatic hydroxyl groups is 2. The van der Waals surface area contributed by atoms with E-state index in [9.17, 15) is 44.1 Å². The van der Waals surface area contributed by atoms with Gasteiger partial charge in [0, 0.05) is 44.5 Å². The van der Waals surface area contributed by atoms with Crippen LogP contribution in [0.25, 0.3) is 0 Å². The normalized spacial score (nSPS) is 11.5. The van der Waals surface area contributed by atoms with E-state index in [2.05, 4.69) is 16.0 Å². The highest BCUT2D eigenvalue weighted by Gasteiger charge is 2.21. The molecule has 344 valence electrons. The number of aliphatic carboxylic acids is 2. The summed E-state index contributed by atoms with van der Waals surface area (Å²) in [5.41, 5.74) is 0. The molecule has 0 unspecified atom stereocenters. The van der Waals surface area contributed by atoms with E-state index in [1.54, 1.807) is 0 Å². The monoisotopic (exact) mass is 858 g/mol. The maximum Gasteiger partial charge on any atom is 0.358 e. The number of ether oxygens (including phenoxy) is 4. The number of hydrogen-bond acceptors (Lipinski definition) is 13. The van der Waals surface area contributed by atoms with Crippen LogP contribution in [-0.2, 0) is 47.7 Å². The van der Waals surface area contributed by atoms with Crippen molar-refractivity contribution in [1.82, 2.24) is 20.7 Å². The summed E-state index contributed by atoms with van der Waals surface area (Å²) in [4.78, 5) is 74.9. The molecule has 60 heavy (non-hydrogen) atoms. The number of carboxylic acids is 2. The predicted molar refractivity (Wildman–Crippen MR) is 218 cm³/mol. The van der Waals surface area contributed by atoms with Crippen LogP contribution < -0.4 is 20.8 Å². The third-order valence-corrected chi connectivity index (χ3v) is 9.16. The third kappa shape index (κ3) is 31.5. The number of aromatic nitrogens is 1. The molecule has 1 atom stereocenters. The molecule has 0 saturated heterocycles. The Kier molecular flexibility index (Phi) is 32.5. The van der Waals surface area contributed by atoms with Gasteiger partial charge in [-0.05, 0) is 19.3 Å². The smallest absolute Gasteiger partial charge is 0.358 e. The molecule has 0 radical (unpaired) electrons. The molecule has 3 amide bonds. The molecule has 0 aromatic carbocycles. The van der Waals surface area contributed by atoms with Crippen molar-refractivity contribution in [1.29, 1.82) is 0 Å². The van der Waals surface area contributed by atoms with E-state index in [4.69, 9.17) is 28.9 Å². The molecule has 0 aliphatic heterocycles. The lowest BCUT2D eigenvalue weighted by molar-refractivity contribution is -0.151. The number of rotatable bonds is 41. The molecule has 1 heterocycles. The Morgan fingerprint density at radius 2 is 0.950 bits per heavy atom. The summed E-state index contributed by atoms with van der Waals surface area (Å²) in [6.45, 7) is 0.714. The Labute approximate surface area is 353 Å². The zero-order chi connectivity index (χ0) is 44.1. The number of carbonyl (C=O) groups excluding carboxylic acids is 4. The molecule has 7 N–H and O–H groups in total. The van der Waals surface area contributed by atoms with Crippen molar-refractivity contribution >= 4 is 35.6 Å². The van der Waals surface area contributed by atoms with Gasteiger partial charge in [0.05, 0.1) is 39.6 Å². The summed E-state index contributed by atoms with van der Waals surface area (Å²) >= 11 is 0. The number of amides is 3. The Morgan fingerprint density at radius 1 is 0.517 bits per heavy atom. The van der Waals surface area contributed by atoms with Gasteiger partial charge in [0.25, 0.3) is 0 Å². The standard InChI is InChI=1S/C41H70N4O15/c46-34(42-23-25-56-27-29-58-31-36(48)43-24-26-57-28-30-59-32-40(53)60-45-37(49)21-22-38(45)50)20-19-33(41(54)55)44-35(47)17-15-13-11-9-7-5-3-1-2-4-6-8-10-12-14-16-18-39(51)52/h21-22,33,49-50H,1-20,23-32H2,(H,42,46)(H,43,48)(H,44,47)(H,51,52)(H,54,55)/t33-/m0/s1. The van der Waals surface area contributed by atoms with Gasteiger partial charge in [-0.15, -0.1) is 4.73 Å². The first-order valence-electron chi connectivity index (χ1n) is 21.4. The average molecular weight is 859 g/mol. The number of nitrogens with zero attached hydrogens (tertiary/aromatic N) is 1. The third-order valence-electron chi connectivity index (χ3n) is 9.16. The van der Waals surface area contributed by atoms with Gasteiger partial charge in [-0.25, -0.2) is 9.59 Å². The first-order valence-corrected chi connectivity index (χ1v) is 21.4. The van der Waals surface area contributed by atoms with Crippen LogP contribution in [0.15, 0.2) is 12.1 Å². The highest BCUT2D eigenvalue weighted by Crippen LogP contribution is 2.18. The van der Waals surface area contributed by atoms with Gasteiger partial charge in [0.1, 0.15) is 19.3 Å². The van der Waals surface area contributed by atoms with Crippen molar-refractivity contribution in [3.63, 3.8) is 0 Å². The van der Waals surface area contributed by atoms with Crippen LogP contribution >= 0.6 is 0 Å². The summed E-state index contributed by atoms with van der Waals surface area (Å²) < 4.78 is 21.6. The van der Waals surface area contributed by atoms with E-state index in [0.29, 0.717) is 11.2 Å². The second kappa shape index (κ2) is 36.4.